The van der Waals surface area contributed by atoms with Crippen LogP contribution in [0.25, 0.3) is 5.76 Å². The monoisotopic (exact) mass is 527 g/mol. The first-order valence-corrected chi connectivity index (χ1v) is 13.4. The number of carbonyl (C=O) groups is 2. The van der Waals surface area contributed by atoms with E-state index >= 15 is 0 Å². The summed E-state index contributed by atoms with van der Waals surface area (Å²) in [4.78, 5) is 28.3. The molecular formula is C33H37NO5. The fourth-order valence-corrected chi connectivity index (χ4v) is 4.73. The Bertz CT molecular complexity index is 1330. The van der Waals surface area contributed by atoms with Crippen molar-refractivity contribution in [1.29, 1.82) is 0 Å². The minimum atomic E-state index is -0.794. The minimum absolute atomic E-state index is 0.0518. The number of hydrogen-bond acceptors (Lipinski definition) is 5. The number of nitrogens with zero attached hydrogens (tertiary/aromatic N) is 1. The Morgan fingerprint density at radius 3 is 2.05 bits per heavy atom. The number of Topliss-reactive ketones (excluding diaryl/α,β-unsaturated/α-hetero) is 1. The predicted octanol–water partition coefficient (Wildman–Crippen LogP) is 7.19. The molecule has 3 aromatic rings. The third-order valence-corrected chi connectivity index (χ3v) is 7.03. The average Bonchev–Trinajstić information content (AvgIpc) is 3.20. The first kappa shape index (κ1) is 28.0. The Morgan fingerprint density at radius 2 is 1.49 bits per heavy atom. The minimum Gasteiger partial charge on any atom is -0.507 e. The van der Waals surface area contributed by atoms with Gasteiger partial charge in [-0.15, -0.1) is 0 Å². The van der Waals surface area contributed by atoms with Crippen LogP contribution in [0.1, 0.15) is 69.7 Å². The van der Waals surface area contributed by atoms with E-state index in [2.05, 4.69) is 27.7 Å². The Kier molecular flexibility index (Phi) is 8.44. The zero-order valence-corrected chi connectivity index (χ0v) is 23.4. The first-order valence-electron chi connectivity index (χ1n) is 13.4. The van der Waals surface area contributed by atoms with Crippen molar-refractivity contribution in [2.24, 2.45) is 0 Å². The van der Waals surface area contributed by atoms with Gasteiger partial charge in [0.15, 0.2) is 0 Å². The standard InChI is InChI=1S/C33H37NO5/c1-6-7-8-21-39-27-17-11-23(12-18-27)30(35)28-29(22-9-13-24(14-10-22)33(2,3)4)34(32(37)31(28)36)25-15-19-26(38-5)20-16-25/h9-20,29,35H,6-8,21H2,1-5H3/b30-28-. The number of ether oxygens (including phenoxy) is 2. The topological polar surface area (TPSA) is 76.1 Å². The summed E-state index contributed by atoms with van der Waals surface area (Å²) in [5.41, 5.74) is 2.84. The molecule has 1 saturated heterocycles. The molecule has 1 heterocycles. The van der Waals surface area contributed by atoms with Gasteiger partial charge in [-0.1, -0.05) is 64.8 Å². The van der Waals surface area contributed by atoms with Crippen LogP contribution in [0.15, 0.2) is 78.4 Å². The smallest absolute Gasteiger partial charge is 0.300 e. The summed E-state index contributed by atoms with van der Waals surface area (Å²) in [6.07, 6.45) is 3.19. The number of methoxy groups -OCH3 is 1. The zero-order valence-electron chi connectivity index (χ0n) is 23.4. The highest BCUT2D eigenvalue weighted by molar-refractivity contribution is 6.51. The Balaban J connectivity index is 1.77. The van der Waals surface area contributed by atoms with Gasteiger partial charge in [-0.25, -0.2) is 0 Å². The molecule has 4 rings (SSSR count). The third-order valence-electron chi connectivity index (χ3n) is 7.03. The van der Waals surface area contributed by atoms with E-state index < -0.39 is 17.7 Å². The molecule has 1 unspecified atom stereocenters. The van der Waals surface area contributed by atoms with Crippen molar-refractivity contribution in [3.8, 4) is 11.5 Å². The summed E-state index contributed by atoms with van der Waals surface area (Å²) in [6.45, 7) is 9.15. The molecule has 1 N–H and O–H groups in total. The number of rotatable bonds is 9. The molecule has 0 aliphatic carbocycles. The number of ketones is 1. The number of aliphatic hydroxyl groups is 1. The van der Waals surface area contributed by atoms with Crippen molar-refractivity contribution in [3.05, 3.63) is 95.1 Å². The molecule has 0 spiro atoms. The lowest BCUT2D eigenvalue weighted by Gasteiger charge is -2.26. The van der Waals surface area contributed by atoms with Crippen LogP contribution in [-0.2, 0) is 15.0 Å². The van der Waals surface area contributed by atoms with E-state index in [0.717, 1.165) is 30.4 Å². The second-order valence-corrected chi connectivity index (χ2v) is 10.8. The summed E-state index contributed by atoms with van der Waals surface area (Å²) in [6, 6.07) is 21.0. The lowest BCUT2D eigenvalue weighted by molar-refractivity contribution is -0.132. The highest BCUT2D eigenvalue weighted by atomic mass is 16.5. The highest BCUT2D eigenvalue weighted by Gasteiger charge is 2.47. The van der Waals surface area contributed by atoms with Gasteiger partial charge in [-0.3, -0.25) is 14.5 Å². The van der Waals surface area contributed by atoms with Crippen LogP contribution in [0.3, 0.4) is 0 Å². The van der Waals surface area contributed by atoms with E-state index in [9.17, 15) is 14.7 Å². The number of hydrogen-bond donors (Lipinski definition) is 1. The molecule has 3 aromatic carbocycles. The molecule has 0 radical (unpaired) electrons. The van der Waals surface area contributed by atoms with Crippen LogP contribution in [0.4, 0.5) is 5.69 Å². The quantitative estimate of drug-likeness (QED) is 0.138. The van der Waals surface area contributed by atoms with Crippen molar-refractivity contribution in [2.45, 2.75) is 58.4 Å². The van der Waals surface area contributed by atoms with E-state index in [1.54, 1.807) is 55.6 Å². The molecule has 204 valence electrons. The number of anilines is 1. The maximum Gasteiger partial charge on any atom is 0.300 e. The van der Waals surface area contributed by atoms with E-state index in [1.165, 1.54) is 4.90 Å². The number of aliphatic hydroxyl groups excluding tert-OH is 1. The molecule has 1 aliphatic rings. The predicted molar refractivity (Wildman–Crippen MR) is 154 cm³/mol. The van der Waals surface area contributed by atoms with Crippen molar-refractivity contribution in [2.75, 3.05) is 18.6 Å². The van der Waals surface area contributed by atoms with E-state index in [0.29, 0.717) is 29.4 Å². The second-order valence-electron chi connectivity index (χ2n) is 10.8. The summed E-state index contributed by atoms with van der Waals surface area (Å²) in [7, 11) is 1.57. The van der Waals surface area contributed by atoms with Crippen molar-refractivity contribution < 1.29 is 24.2 Å². The van der Waals surface area contributed by atoms with Crippen LogP contribution in [-0.4, -0.2) is 30.5 Å². The summed E-state index contributed by atoms with van der Waals surface area (Å²) >= 11 is 0. The lowest BCUT2D eigenvalue weighted by Crippen LogP contribution is -2.29. The van der Waals surface area contributed by atoms with Crippen LogP contribution in [0.2, 0.25) is 0 Å². The normalized spacial score (nSPS) is 16.9. The van der Waals surface area contributed by atoms with Gasteiger partial charge >= 0.3 is 0 Å². The van der Waals surface area contributed by atoms with Gasteiger partial charge in [-0.2, -0.15) is 0 Å². The Labute approximate surface area is 230 Å². The van der Waals surface area contributed by atoms with Gasteiger partial charge in [0.1, 0.15) is 17.3 Å². The van der Waals surface area contributed by atoms with Crippen LogP contribution in [0, 0.1) is 0 Å². The number of carbonyl (C=O) groups excluding carboxylic acids is 2. The van der Waals surface area contributed by atoms with Gasteiger partial charge < -0.3 is 14.6 Å². The molecule has 1 aliphatic heterocycles. The molecule has 39 heavy (non-hydrogen) atoms. The van der Waals surface area contributed by atoms with Gasteiger partial charge in [-0.05, 0) is 71.5 Å². The fourth-order valence-electron chi connectivity index (χ4n) is 4.73. The maximum atomic E-state index is 13.4. The lowest BCUT2D eigenvalue weighted by atomic mass is 9.85. The Morgan fingerprint density at radius 1 is 0.872 bits per heavy atom. The largest absolute Gasteiger partial charge is 0.507 e. The highest BCUT2D eigenvalue weighted by Crippen LogP contribution is 2.43. The average molecular weight is 528 g/mol. The van der Waals surface area contributed by atoms with E-state index in [1.807, 2.05) is 24.3 Å². The van der Waals surface area contributed by atoms with Gasteiger partial charge in [0.2, 0.25) is 0 Å². The van der Waals surface area contributed by atoms with Crippen LogP contribution in [0.5, 0.6) is 11.5 Å². The zero-order chi connectivity index (χ0) is 28.2. The van der Waals surface area contributed by atoms with E-state index in [-0.39, 0.29) is 16.7 Å². The number of amides is 1. The summed E-state index contributed by atoms with van der Waals surface area (Å²) < 4.78 is 11.1. The molecule has 1 amide bonds. The second kappa shape index (κ2) is 11.8. The van der Waals surface area contributed by atoms with Crippen molar-refractivity contribution in [1.82, 2.24) is 0 Å². The number of unbranched alkanes of at least 4 members (excludes halogenated alkanes) is 2. The molecular weight excluding hydrogens is 490 g/mol. The molecule has 0 aromatic heterocycles. The van der Waals surface area contributed by atoms with Crippen LogP contribution >= 0.6 is 0 Å². The fraction of sp³-hybridized carbons (Fsp3) is 0.333. The van der Waals surface area contributed by atoms with Crippen LogP contribution < -0.4 is 14.4 Å². The van der Waals surface area contributed by atoms with Gasteiger partial charge in [0.05, 0.1) is 25.3 Å². The van der Waals surface area contributed by atoms with Crippen molar-refractivity contribution in [3.63, 3.8) is 0 Å². The van der Waals surface area contributed by atoms with E-state index in [4.69, 9.17) is 9.47 Å². The first-order chi connectivity index (χ1) is 18.7. The number of benzene rings is 3. The van der Waals surface area contributed by atoms with Gasteiger partial charge in [0, 0.05) is 11.3 Å². The van der Waals surface area contributed by atoms with Gasteiger partial charge in [0.25, 0.3) is 11.7 Å². The summed E-state index contributed by atoms with van der Waals surface area (Å²) in [5.74, 6) is -0.309. The van der Waals surface area contributed by atoms with Crippen molar-refractivity contribution >= 4 is 23.1 Å². The molecule has 1 fully saturated rings. The molecule has 1 atom stereocenters. The summed E-state index contributed by atoms with van der Waals surface area (Å²) in [5, 5.41) is 11.4. The molecule has 0 saturated carbocycles. The Hall–Kier alpha value is -4.06. The SMILES string of the molecule is CCCCCOc1ccc(/C(O)=C2/C(=O)C(=O)N(c3ccc(OC)cc3)C2c2ccc(C(C)(C)C)cc2)cc1. The molecule has 0 bridgehead atoms. The third kappa shape index (κ3) is 6.00. The molecule has 6 nitrogen and oxygen atoms in total. The maximum absolute atomic E-state index is 13.4. The molecule has 6 heteroatoms.